The molecular formula is C31H35ClN6O4. The number of nitrogens with one attached hydrogen (secondary N) is 3. The van der Waals surface area contributed by atoms with Crippen LogP contribution in [0.15, 0.2) is 93.8 Å². The highest BCUT2D eigenvalue weighted by Crippen LogP contribution is 2.26. The Kier molecular flexibility index (Phi) is 12.3. The van der Waals surface area contributed by atoms with E-state index in [2.05, 4.69) is 25.9 Å². The predicted octanol–water partition coefficient (Wildman–Crippen LogP) is 5.37. The van der Waals surface area contributed by atoms with Crippen LogP contribution in [0.25, 0.3) is 0 Å². The number of hydrogen-bond acceptors (Lipinski definition) is 8. The molecule has 1 amide bonds. The van der Waals surface area contributed by atoms with Gasteiger partial charge in [-0.2, -0.15) is 9.98 Å². The number of nitrogens with zero attached hydrogens (tertiary/aromatic N) is 3. The van der Waals surface area contributed by atoms with Crippen molar-refractivity contribution in [2.75, 3.05) is 50.2 Å². The molecule has 0 unspecified atom stereocenters. The highest BCUT2D eigenvalue weighted by molar-refractivity contribution is 6.32. The Hall–Kier alpha value is -4.25. The van der Waals surface area contributed by atoms with E-state index in [1.807, 2.05) is 48.5 Å². The van der Waals surface area contributed by atoms with Crippen LogP contribution in [-0.2, 0) is 9.47 Å². The Balaban J connectivity index is 1.25. The van der Waals surface area contributed by atoms with Crippen molar-refractivity contribution in [1.82, 2.24) is 5.32 Å². The molecule has 3 aromatic rings. The Morgan fingerprint density at radius 1 is 0.857 bits per heavy atom. The molecular weight excluding hydrogens is 556 g/mol. The van der Waals surface area contributed by atoms with Gasteiger partial charge in [0.1, 0.15) is 17.4 Å². The maximum Gasteiger partial charge on any atom is 0.251 e. The number of aromatic hydroxyl groups is 1. The zero-order chi connectivity index (χ0) is 29.4. The minimum atomic E-state index is -0.119. The van der Waals surface area contributed by atoms with E-state index in [-0.39, 0.29) is 16.7 Å². The molecule has 0 radical (unpaired) electrons. The summed E-state index contributed by atoms with van der Waals surface area (Å²) < 4.78 is 11.2. The van der Waals surface area contributed by atoms with Gasteiger partial charge in [0.2, 0.25) is 5.96 Å². The number of benzene rings is 3. The number of carbonyl (C=O) groups excluding carboxylic acids is 1. The number of guanidine groups is 1. The largest absolute Gasteiger partial charge is 0.506 e. The van der Waals surface area contributed by atoms with E-state index in [9.17, 15) is 9.90 Å². The van der Waals surface area contributed by atoms with Crippen LogP contribution >= 0.6 is 11.6 Å². The molecule has 4 N–H and O–H groups in total. The summed E-state index contributed by atoms with van der Waals surface area (Å²) in [5.74, 6) is 1.69. The van der Waals surface area contributed by atoms with Crippen LogP contribution in [0.5, 0.6) is 5.75 Å². The molecule has 4 rings (SSSR count). The second kappa shape index (κ2) is 16.9. The van der Waals surface area contributed by atoms with Crippen LogP contribution in [-0.4, -0.2) is 68.2 Å². The van der Waals surface area contributed by atoms with Gasteiger partial charge < -0.3 is 30.5 Å². The molecule has 0 spiro atoms. The van der Waals surface area contributed by atoms with Gasteiger partial charge in [-0.3, -0.25) is 9.79 Å². The number of para-hydroxylation sites is 1. The van der Waals surface area contributed by atoms with E-state index in [1.54, 1.807) is 24.3 Å². The molecule has 0 bridgehead atoms. The number of phenols is 1. The van der Waals surface area contributed by atoms with E-state index < -0.39 is 0 Å². The maximum absolute atomic E-state index is 12.0. The molecule has 1 heterocycles. The normalized spacial score (nSPS) is 14.4. The number of rotatable bonds is 12. The molecule has 11 heteroatoms. The monoisotopic (exact) mass is 590 g/mol. The van der Waals surface area contributed by atoms with Gasteiger partial charge in [0.15, 0.2) is 0 Å². The van der Waals surface area contributed by atoms with Gasteiger partial charge in [-0.15, -0.1) is 0 Å². The van der Waals surface area contributed by atoms with E-state index in [0.29, 0.717) is 75.4 Å². The molecule has 0 aliphatic carbocycles. The fraction of sp³-hybridized carbons (Fsp3) is 0.290. The molecule has 3 aromatic carbocycles. The molecule has 10 nitrogen and oxygen atoms in total. The van der Waals surface area contributed by atoms with Gasteiger partial charge in [-0.1, -0.05) is 48.0 Å². The first-order valence-electron chi connectivity index (χ1n) is 13.8. The zero-order valence-corrected chi connectivity index (χ0v) is 24.0. The summed E-state index contributed by atoms with van der Waals surface area (Å²) in [5, 5.41) is 19.4. The van der Waals surface area contributed by atoms with Gasteiger partial charge in [0.05, 0.1) is 38.0 Å². The predicted molar refractivity (Wildman–Crippen MR) is 168 cm³/mol. The number of carbonyl (C=O) groups is 1. The molecule has 1 aliphatic rings. The zero-order valence-electron chi connectivity index (χ0n) is 23.3. The fourth-order valence-electron chi connectivity index (χ4n) is 3.95. The number of hydrogen-bond donors (Lipinski definition) is 4. The average Bonchev–Trinajstić information content (AvgIpc) is 2.99. The first-order valence-corrected chi connectivity index (χ1v) is 14.2. The van der Waals surface area contributed by atoms with Crippen molar-refractivity contribution in [3.05, 3.63) is 89.4 Å². The molecule has 220 valence electrons. The van der Waals surface area contributed by atoms with E-state index >= 15 is 0 Å². The second-order valence-corrected chi connectivity index (χ2v) is 9.68. The van der Waals surface area contributed by atoms with E-state index in [4.69, 9.17) is 26.1 Å². The van der Waals surface area contributed by atoms with Crippen LogP contribution < -0.4 is 16.0 Å². The Labute approximate surface area is 250 Å². The highest BCUT2D eigenvalue weighted by Gasteiger charge is 2.12. The second-order valence-electron chi connectivity index (χ2n) is 9.27. The highest BCUT2D eigenvalue weighted by atomic mass is 35.5. The summed E-state index contributed by atoms with van der Waals surface area (Å²) in [7, 11) is 0. The lowest BCUT2D eigenvalue weighted by molar-refractivity contribution is 0.0512. The molecule has 0 saturated carbocycles. The smallest absolute Gasteiger partial charge is 0.251 e. The quantitative estimate of drug-likeness (QED) is 0.166. The first-order chi connectivity index (χ1) is 20.6. The summed E-state index contributed by atoms with van der Waals surface area (Å²) in [4.78, 5) is 26.1. The van der Waals surface area contributed by atoms with Crippen LogP contribution in [0.3, 0.4) is 0 Å². The van der Waals surface area contributed by atoms with Gasteiger partial charge in [0, 0.05) is 36.3 Å². The van der Waals surface area contributed by atoms with Gasteiger partial charge in [-0.05, 0) is 48.9 Å². The van der Waals surface area contributed by atoms with Crippen LogP contribution in [0.4, 0.5) is 11.4 Å². The standard InChI is InChI=1S/C31H35ClN6O4/c32-26-22-25(14-15-27(26)39)36-31-37-28(12-7-13-29(38-31)35-24-10-5-2-6-11-24)33-16-18-41-20-21-42-19-17-34-30(40)23-8-3-1-4-9-23/h1-6,8-11,14-15,22,39H,7,12-13,16-21H2,(H,34,40)(H2,33,35,36,37,38). The van der Waals surface area contributed by atoms with Crippen LogP contribution in [0, 0.1) is 0 Å². The molecule has 0 fully saturated rings. The number of amidine groups is 2. The first kappa shape index (κ1) is 30.7. The lowest BCUT2D eigenvalue weighted by Gasteiger charge is -2.15. The molecule has 0 aromatic heterocycles. The number of amides is 1. The SMILES string of the molecule is O=C(NCCOCCOCCN=C1CCCC(Nc2ccccc2)=NC(Nc2ccc(O)c(Cl)c2)=N1)c1ccccc1. The maximum atomic E-state index is 12.0. The summed E-state index contributed by atoms with van der Waals surface area (Å²) in [6.07, 6.45) is 2.22. The van der Waals surface area contributed by atoms with Crippen LogP contribution in [0.2, 0.25) is 5.02 Å². The molecule has 1 aliphatic heterocycles. The minimum Gasteiger partial charge on any atom is -0.506 e. The third-order valence-corrected chi connectivity index (χ3v) is 6.33. The number of phenolic OH excluding ortho intramolecular Hbond substituents is 1. The third-order valence-electron chi connectivity index (χ3n) is 6.03. The summed E-state index contributed by atoms with van der Waals surface area (Å²) >= 11 is 6.09. The van der Waals surface area contributed by atoms with Crippen molar-refractivity contribution in [2.45, 2.75) is 19.3 Å². The Morgan fingerprint density at radius 3 is 2.36 bits per heavy atom. The van der Waals surface area contributed by atoms with Crippen molar-refractivity contribution in [3.63, 3.8) is 0 Å². The summed E-state index contributed by atoms with van der Waals surface area (Å²) in [5.41, 5.74) is 2.21. The van der Waals surface area contributed by atoms with E-state index in [1.165, 1.54) is 6.07 Å². The van der Waals surface area contributed by atoms with E-state index in [0.717, 1.165) is 17.9 Å². The van der Waals surface area contributed by atoms with Gasteiger partial charge in [0.25, 0.3) is 5.91 Å². The molecule has 0 atom stereocenters. The van der Waals surface area contributed by atoms with Gasteiger partial charge >= 0.3 is 0 Å². The summed E-state index contributed by atoms with van der Waals surface area (Å²) in [6, 6.07) is 23.7. The van der Waals surface area contributed by atoms with Gasteiger partial charge in [-0.25, -0.2) is 0 Å². The van der Waals surface area contributed by atoms with Crippen molar-refractivity contribution >= 4 is 46.5 Å². The lowest BCUT2D eigenvalue weighted by Crippen LogP contribution is -2.27. The molecule has 42 heavy (non-hydrogen) atoms. The Morgan fingerprint density at radius 2 is 1.60 bits per heavy atom. The number of halogens is 1. The third kappa shape index (κ3) is 10.6. The fourth-order valence-corrected chi connectivity index (χ4v) is 4.13. The number of anilines is 2. The number of aliphatic imine (C=N–C) groups is 3. The molecule has 0 saturated heterocycles. The summed E-state index contributed by atoms with van der Waals surface area (Å²) in [6.45, 7) is 2.55. The topological polar surface area (TPSA) is 129 Å². The van der Waals surface area contributed by atoms with Crippen molar-refractivity contribution in [1.29, 1.82) is 0 Å². The van der Waals surface area contributed by atoms with Crippen molar-refractivity contribution < 1.29 is 19.4 Å². The van der Waals surface area contributed by atoms with Crippen molar-refractivity contribution in [2.24, 2.45) is 15.0 Å². The number of ether oxygens (including phenoxy) is 2. The lowest BCUT2D eigenvalue weighted by atomic mass is 10.2. The van der Waals surface area contributed by atoms with Crippen molar-refractivity contribution in [3.8, 4) is 5.75 Å². The minimum absolute atomic E-state index is 0.000709. The van der Waals surface area contributed by atoms with Crippen LogP contribution in [0.1, 0.15) is 29.6 Å². The average molecular weight is 591 g/mol. The Bertz CT molecular complexity index is 1380.